The molecule has 0 saturated heterocycles. The minimum atomic E-state index is -0.131. The van der Waals surface area contributed by atoms with Crippen molar-refractivity contribution in [2.24, 2.45) is 17.2 Å². The Morgan fingerprint density at radius 2 is 0.558 bits per heavy atom. The summed E-state index contributed by atoms with van der Waals surface area (Å²) in [6, 6.07) is 0. The normalized spacial score (nSPS) is 11.3. The Morgan fingerprint density at radius 3 is 0.788 bits per heavy atom. The Morgan fingerprint density at radius 1 is 0.346 bits per heavy atom. The Hall–Kier alpha value is -2.11. The maximum absolute atomic E-state index is 12.3. The van der Waals surface area contributed by atoms with Gasteiger partial charge in [-0.05, 0) is 0 Å². The van der Waals surface area contributed by atoms with Gasteiger partial charge in [-0.15, -0.1) is 0 Å². The predicted molar refractivity (Wildman–Crippen MR) is 194 cm³/mol. The molecule has 0 aromatic carbocycles. The highest BCUT2D eigenvalue weighted by Crippen LogP contribution is 1.92. The van der Waals surface area contributed by atoms with E-state index >= 15 is 0 Å². The van der Waals surface area contributed by atoms with Crippen molar-refractivity contribution in [2.45, 2.75) is 19.3 Å². The molecule has 0 aliphatic heterocycles. The molecule has 0 aliphatic carbocycles. The van der Waals surface area contributed by atoms with E-state index in [0.717, 1.165) is 0 Å². The number of ether oxygens (including phenoxy) is 9. The van der Waals surface area contributed by atoms with Gasteiger partial charge in [0.25, 0.3) is 0 Å². The van der Waals surface area contributed by atoms with Gasteiger partial charge in [-0.2, -0.15) is 0 Å². The summed E-state index contributed by atoms with van der Waals surface area (Å²) >= 11 is 0. The second-order valence-corrected chi connectivity index (χ2v) is 11.0. The monoisotopic (exact) mass is 756 g/mol. The van der Waals surface area contributed by atoms with Crippen LogP contribution < -0.4 is 33.2 Å². The van der Waals surface area contributed by atoms with Gasteiger partial charge in [0.2, 0.25) is 17.7 Å². The number of carbonyl (C=O) groups is 3. The molecule has 0 spiro atoms. The number of carbonyl (C=O) groups excluding carboxylic acids is 3. The molecule has 9 N–H and O–H groups in total. The van der Waals surface area contributed by atoms with Crippen LogP contribution in [0.25, 0.3) is 0 Å². The molecular weight excluding hydrogens is 686 g/mol. The number of nitrogens with zero attached hydrogens (tertiary/aromatic N) is 1. The molecule has 19 nitrogen and oxygen atoms in total. The number of amides is 3. The highest BCUT2D eigenvalue weighted by Gasteiger charge is 2.10. The molecule has 308 valence electrons. The zero-order valence-electron chi connectivity index (χ0n) is 31.3. The quantitative estimate of drug-likeness (QED) is 0.0336. The summed E-state index contributed by atoms with van der Waals surface area (Å²) in [7, 11) is 0. The minimum Gasteiger partial charge on any atom is -0.379 e. The molecule has 3 amide bonds. The molecule has 0 bridgehead atoms. The molecule has 0 aromatic heterocycles. The largest absolute Gasteiger partial charge is 0.379 e. The van der Waals surface area contributed by atoms with Gasteiger partial charge in [0.05, 0.1) is 119 Å². The molecule has 0 radical (unpaired) electrons. The van der Waals surface area contributed by atoms with Crippen LogP contribution in [0, 0.1) is 0 Å². The summed E-state index contributed by atoms with van der Waals surface area (Å²) in [5.41, 5.74) is 16.1. The van der Waals surface area contributed by atoms with Gasteiger partial charge in [0, 0.05) is 78.2 Å². The van der Waals surface area contributed by atoms with Gasteiger partial charge in [0.15, 0.2) is 0 Å². The van der Waals surface area contributed by atoms with Crippen LogP contribution in [0.2, 0.25) is 0 Å². The standard InChI is InChI=1S/C33H69N7O12/c34-4-16-47-22-28-50-25-19-44-13-1-31(41)37-7-10-40(11-8-38-32(42)2-14-45-20-26-51-29-23-48-17-5-35)12-9-39-33(43)3-15-46-21-27-52-30-24-49-18-6-36/h1-30,34-36H2,(H,37,41)(H,38,42)(H,39,43). The number of nitrogens with one attached hydrogen (secondary N) is 3. The van der Waals surface area contributed by atoms with Crippen LogP contribution in [0.15, 0.2) is 0 Å². The Kier molecular flexibility index (Phi) is 40.0. The van der Waals surface area contributed by atoms with E-state index in [2.05, 4.69) is 20.9 Å². The molecule has 0 rings (SSSR count). The van der Waals surface area contributed by atoms with Crippen molar-refractivity contribution in [3.05, 3.63) is 0 Å². The van der Waals surface area contributed by atoms with Crippen molar-refractivity contribution in [3.63, 3.8) is 0 Å². The summed E-state index contributed by atoms with van der Waals surface area (Å²) in [4.78, 5) is 39.0. The van der Waals surface area contributed by atoms with E-state index in [0.29, 0.717) is 158 Å². The van der Waals surface area contributed by atoms with Crippen molar-refractivity contribution in [1.82, 2.24) is 20.9 Å². The molecule has 0 fully saturated rings. The summed E-state index contributed by atoms with van der Waals surface area (Å²) in [6.07, 6.45) is 0.668. The second-order valence-electron chi connectivity index (χ2n) is 11.0. The van der Waals surface area contributed by atoms with Gasteiger partial charge in [-0.25, -0.2) is 0 Å². The maximum atomic E-state index is 12.3. The molecule has 0 aliphatic rings. The van der Waals surface area contributed by atoms with Crippen molar-refractivity contribution in [3.8, 4) is 0 Å². The van der Waals surface area contributed by atoms with Gasteiger partial charge in [-0.3, -0.25) is 19.3 Å². The summed E-state index contributed by atoms with van der Waals surface area (Å²) < 4.78 is 48.2. The van der Waals surface area contributed by atoms with E-state index in [9.17, 15) is 14.4 Å². The van der Waals surface area contributed by atoms with E-state index in [1.165, 1.54) is 0 Å². The van der Waals surface area contributed by atoms with E-state index in [4.69, 9.17) is 59.8 Å². The van der Waals surface area contributed by atoms with Crippen LogP contribution in [-0.4, -0.2) is 200 Å². The lowest BCUT2D eigenvalue weighted by Gasteiger charge is -2.23. The molecule has 0 aromatic rings. The van der Waals surface area contributed by atoms with E-state index in [1.54, 1.807) is 0 Å². The lowest BCUT2D eigenvalue weighted by atomic mass is 10.3. The third-order valence-electron chi connectivity index (χ3n) is 6.69. The van der Waals surface area contributed by atoms with Crippen LogP contribution >= 0.6 is 0 Å². The fraction of sp³-hybridized carbons (Fsp3) is 0.909. The molecular formula is C33H69N7O12. The van der Waals surface area contributed by atoms with Gasteiger partial charge in [-0.1, -0.05) is 0 Å². The first-order chi connectivity index (χ1) is 25.5. The SMILES string of the molecule is NCCOCCOCCOCCC(=O)NCCN(CCNC(=O)CCOCCOCCOCCN)CCNC(=O)CCOCCOCCOCCN. The summed E-state index contributed by atoms with van der Waals surface area (Å²) in [5, 5.41) is 8.68. The fourth-order valence-corrected chi connectivity index (χ4v) is 4.03. The van der Waals surface area contributed by atoms with Gasteiger partial charge >= 0.3 is 0 Å². The average molecular weight is 756 g/mol. The Bertz CT molecular complexity index is 709. The number of rotatable bonds is 42. The van der Waals surface area contributed by atoms with Crippen LogP contribution in [-0.2, 0) is 57.0 Å². The molecule has 0 atom stereocenters. The highest BCUT2D eigenvalue weighted by atomic mass is 16.6. The van der Waals surface area contributed by atoms with Crippen LogP contribution in [0.3, 0.4) is 0 Å². The van der Waals surface area contributed by atoms with Crippen LogP contribution in [0.4, 0.5) is 0 Å². The molecule has 0 saturated carbocycles. The maximum Gasteiger partial charge on any atom is 0.222 e. The first-order valence-corrected chi connectivity index (χ1v) is 18.4. The van der Waals surface area contributed by atoms with Crippen LogP contribution in [0.1, 0.15) is 19.3 Å². The number of hydrogen-bond donors (Lipinski definition) is 6. The fourth-order valence-electron chi connectivity index (χ4n) is 4.03. The first-order valence-electron chi connectivity index (χ1n) is 18.4. The van der Waals surface area contributed by atoms with E-state index in [-0.39, 0.29) is 56.8 Å². The zero-order valence-corrected chi connectivity index (χ0v) is 31.3. The molecule has 52 heavy (non-hydrogen) atoms. The van der Waals surface area contributed by atoms with Crippen molar-refractivity contribution in [2.75, 3.05) is 178 Å². The summed E-state index contributed by atoms with van der Waals surface area (Å²) in [6.45, 7) is 11.8. The summed E-state index contributed by atoms with van der Waals surface area (Å²) in [5.74, 6) is -0.394. The lowest BCUT2D eigenvalue weighted by molar-refractivity contribution is -0.123. The molecule has 0 heterocycles. The van der Waals surface area contributed by atoms with Gasteiger partial charge in [0.1, 0.15) is 0 Å². The van der Waals surface area contributed by atoms with E-state index < -0.39 is 0 Å². The molecule has 19 heteroatoms. The smallest absolute Gasteiger partial charge is 0.222 e. The molecule has 0 unspecified atom stereocenters. The second kappa shape index (κ2) is 41.6. The highest BCUT2D eigenvalue weighted by molar-refractivity contribution is 5.76. The predicted octanol–water partition coefficient (Wildman–Crippen LogP) is -3.17. The van der Waals surface area contributed by atoms with E-state index in [1.807, 2.05) is 0 Å². The third-order valence-corrected chi connectivity index (χ3v) is 6.69. The number of nitrogens with two attached hydrogens (primary N) is 3. The van der Waals surface area contributed by atoms with Crippen molar-refractivity contribution < 1.29 is 57.0 Å². The van der Waals surface area contributed by atoms with Gasteiger partial charge < -0.3 is 75.8 Å². The topological polar surface area (TPSA) is 252 Å². The first kappa shape index (κ1) is 49.9. The third kappa shape index (κ3) is 39.1. The lowest BCUT2D eigenvalue weighted by Crippen LogP contribution is -2.43. The zero-order chi connectivity index (χ0) is 38.0. The number of hydrogen-bond acceptors (Lipinski definition) is 16. The Labute approximate surface area is 309 Å². The average Bonchev–Trinajstić information content (AvgIpc) is 3.13. The Balaban J connectivity index is 4.29. The van der Waals surface area contributed by atoms with Crippen molar-refractivity contribution >= 4 is 17.7 Å². The van der Waals surface area contributed by atoms with Crippen molar-refractivity contribution in [1.29, 1.82) is 0 Å². The van der Waals surface area contributed by atoms with Crippen LogP contribution in [0.5, 0.6) is 0 Å². The minimum absolute atomic E-state index is 0.131.